The first-order valence-corrected chi connectivity index (χ1v) is 5.61. The van der Waals surface area contributed by atoms with Gasteiger partial charge in [-0.15, -0.1) is 0 Å². The summed E-state index contributed by atoms with van der Waals surface area (Å²) in [5.41, 5.74) is 0.905. The lowest BCUT2D eigenvalue weighted by Crippen LogP contribution is -2.13. The molecule has 5 heteroatoms. The maximum Gasteiger partial charge on any atom is 0.181 e. The van der Waals surface area contributed by atoms with Crippen LogP contribution < -0.4 is 5.32 Å². The van der Waals surface area contributed by atoms with Crippen molar-refractivity contribution in [1.29, 1.82) is 0 Å². The molecule has 0 aliphatic carbocycles. The second-order valence-electron chi connectivity index (χ2n) is 3.99. The van der Waals surface area contributed by atoms with Crippen LogP contribution in [0.3, 0.4) is 0 Å². The highest BCUT2D eigenvalue weighted by Crippen LogP contribution is 2.25. The minimum atomic E-state index is -0.347. The van der Waals surface area contributed by atoms with Gasteiger partial charge in [-0.2, -0.15) is 0 Å². The predicted molar refractivity (Wildman–Crippen MR) is 69.0 cm³/mol. The number of halogens is 1. The number of hydrogen-bond acceptors (Lipinski definition) is 4. The Bertz CT molecular complexity index is 596. The first-order chi connectivity index (χ1) is 9.06. The van der Waals surface area contributed by atoms with E-state index in [4.69, 9.17) is 5.11 Å². The Balaban J connectivity index is 2.01. The van der Waals surface area contributed by atoms with Gasteiger partial charge in [0.15, 0.2) is 17.3 Å². The Kier molecular flexibility index (Phi) is 3.66. The van der Waals surface area contributed by atoms with E-state index in [0.717, 1.165) is 0 Å². The van der Waals surface area contributed by atoms with Crippen molar-refractivity contribution >= 4 is 11.5 Å². The number of carbonyl (C=O) groups excluding carboxylic acids is 1. The van der Waals surface area contributed by atoms with Crippen molar-refractivity contribution in [3.05, 3.63) is 53.8 Å². The number of phenols is 2. The summed E-state index contributed by atoms with van der Waals surface area (Å²) in [5.74, 6) is -1.21. The molecule has 3 N–H and O–H groups in total. The predicted octanol–water partition coefficient (Wildman–Crippen LogP) is 2.53. The smallest absolute Gasteiger partial charge is 0.181 e. The third-order valence-corrected chi connectivity index (χ3v) is 2.59. The molecular weight excluding hydrogens is 249 g/mol. The summed E-state index contributed by atoms with van der Waals surface area (Å²) in [4.78, 5) is 11.8. The third-order valence-electron chi connectivity index (χ3n) is 2.59. The number of ketones is 1. The molecule has 0 atom stereocenters. The van der Waals surface area contributed by atoms with Crippen LogP contribution >= 0.6 is 0 Å². The molecule has 2 aromatic carbocycles. The number of carbonyl (C=O) groups is 1. The van der Waals surface area contributed by atoms with Gasteiger partial charge in [0.2, 0.25) is 0 Å². The van der Waals surface area contributed by atoms with Gasteiger partial charge in [-0.05, 0) is 42.5 Å². The monoisotopic (exact) mass is 261 g/mol. The van der Waals surface area contributed by atoms with Crippen LogP contribution in [0.1, 0.15) is 10.4 Å². The van der Waals surface area contributed by atoms with Crippen LogP contribution in [-0.2, 0) is 0 Å². The number of anilines is 1. The number of Topliss-reactive ketones (excluding diaryl/α,β-unsaturated/α-hetero) is 1. The van der Waals surface area contributed by atoms with E-state index in [1.807, 2.05) is 0 Å². The molecule has 98 valence electrons. The molecule has 0 saturated heterocycles. The molecule has 0 spiro atoms. The van der Waals surface area contributed by atoms with Crippen molar-refractivity contribution in [2.75, 3.05) is 11.9 Å². The van der Waals surface area contributed by atoms with E-state index < -0.39 is 0 Å². The Morgan fingerprint density at radius 1 is 1.05 bits per heavy atom. The molecule has 0 unspecified atom stereocenters. The van der Waals surface area contributed by atoms with Crippen molar-refractivity contribution in [3.8, 4) is 11.5 Å². The van der Waals surface area contributed by atoms with Crippen LogP contribution in [0.4, 0.5) is 10.1 Å². The fraction of sp³-hybridized carbons (Fsp3) is 0.0714. The fourth-order valence-electron chi connectivity index (χ4n) is 1.55. The van der Waals surface area contributed by atoms with E-state index in [-0.39, 0.29) is 35.2 Å². The standard InChI is InChI=1S/C14H12FNO3/c15-10-2-4-11(5-3-10)16-8-14(19)9-1-6-12(17)13(18)7-9/h1-7,16-18H,8H2. The first-order valence-electron chi connectivity index (χ1n) is 5.61. The molecule has 0 radical (unpaired) electrons. The zero-order valence-corrected chi connectivity index (χ0v) is 9.93. The second kappa shape index (κ2) is 5.39. The molecule has 2 aromatic rings. The maximum atomic E-state index is 12.7. The molecule has 0 bridgehead atoms. The fourth-order valence-corrected chi connectivity index (χ4v) is 1.55. The Morgan fingerprint density at radius 3 is 2.37 bits per heavy atom. The Hall–Kier alpha value is -2.56. The molecule has 0 heterocycles. The topological polar surface area (TPSA) is 69.6 Å². The minimum Gasteiger partial charge on any atom is -0.504 e. The highest BCUT2D eigenvalue weighted by Gasteiger charge is 2.08. The molecule has 0 saturated carbocycles. The number of rotatable bonds is 4. The zero-order valence-electron chi connectivity index (χ0n) is 9.93. The maximum absolute atomic E-state index is 12.7. The average molecular weight is 261 g/mol. The summed E-state index contributed by atoms with van der Waals surface area (Å²) >= 11 is 0. The zero-order chi connectivity index (χ0) is 13.8. The van der Waals surface area contributed by atoms with Crippen LogP contribution in [-0.4, -0.2) is 22.5 Å². The van der Waals surface area contributed by atoms with E-state index in [1.54, 1.807) is 0 Å². The van der Waals surface area contributed by atoms with Gasteiger partial charge in [0.25, 0.3) is 0 Å². The minimum absolute atomic E-state index is 0.00977. The van der Waals surface area contributed by atoms with Gasteiger partial charge in [0.1, 0.15) is 5.82 Å². The molecule has 2 rings (SSSR count). The van der Waals surface area contributed by atoms with Crippen molar-refractivity contribution in [1.82, 2.24) is 0 Å². The molecule has 0 fully saturated rings. The van der Waals surface area contributed by atoms with Crippen LogP contribution in [0.25, 0.3) is 0 Å². The first kappa shape index (κ1) is 12.9. The Morgan fingerprint density at radius 2 is 1.74 bits per heavy atom. The van der Waals surface area contributed by atoms with E-state index in [2.05, 4.69) is 5.32 Å². The molecule has 0 aromatic heterocycles. The van der Waals surface area contributed by atoms with Gasteiger partial charge in [-0.3, -0.25) is 4.79 Å². The molecular formula is C14H12FNO3. The summed E-state index contributed by atoms with van der Waals surface area (Å²) < 4.78 is 12.7. The molecule has 0 aliphatic rings. The SMILES string of the molecule is O=C(CNc1ccc(F)cc1)c1ccc(O)c(O)c1. The van der Waals surface area contributed by atoms with Crippen molar-refractivity contribution in [3.63, 3.8) is 0 Å². The number of nitrogens with one attached hydrogen (secondary N) is 1. The largest absolute Gasteiger partial charge is 0.504 e. The molecule has 19 heavy (non-hydrogen) atoms. The van der Waals surface area contributed by atoms with Crippen LogP contribution in [0.2, 0.25) is 0 Å². The normalized spacial score (nSPS) is 10.2. The lowest BCUT2D eigenvalue weighted by atomic mass is 10.1. The highest BCUT2D eigenvalue weighted by atomic mass is 19.1. The lowest BCUT2D eigenvalue weighted by molar-refractivity contribution is 0.101. The summed E-state index contributed by atoms with van der Waals surface area (Å²) in [5, 5.41) is 21.3. The van der Waals surface area contributed by atoms with E-state index in [9.17, 15) is 14.3 Å². The quantitative estimate of drug-likeness (QED) is 0.584. The van der Waals surface area contributed by atoms with Gasteiger partial charge in [-0.1, -0.05) is 0 Å². The average Bonchev–Trinajstić information content (AvgIpc) is 2.41. The van der Waals surface area contributed by atoms with E-state index in [0.29, 0.717) is 5.69 Å². The lowest BCUT2D eigenvalue weighted by Gasteiger charge is -2.06. The summed E-state index contributed by atoms with van der Waals surface area (Å²) in [6.45, 7) is 0.00977. The van der Waals surface area contributed by atoms with Gasteiger partial charge >= 0.3 is 0 Å². The highest BCUT2D eigenvalue weighted by molar-refractivity contribution is 5.99. The van der Waals surface area contributed by atoms with Gasteiger partial charge < -0.3 is 15.5 Å². The van der Waals surface area contributed by atoms with Crippen LogP contribution in [0.15, 0.2) is 42.5 Å². The molecule has 0 aliphatic heterocycles. The number of phenolic OH excluding ortho intramolecular Hbond substituents is 2. The summed E-state index contributed by atoms with van der Waals surface area (Å²) in [6.07, 6.45) is 0. The van der Waals surface area contributed by atoms with Gasteiger partial charge in [0.05, 0.1) is 6.54 Å². The van der Waals surface area contributed by atoms with Gasteiger partial charge in [-0.25, -0.2) is 4.39 Å². The van der Waals surface area contributed by atoms with E-state index >= 15 is 0 Å². The number of benzene rings is 2. The number of aromatic hydroxyl groups is 2. The summed E-state index contributed by atoms with van der Waals surface area (Å²) in [7, 11) is 0. The molecule has 4 nitrogen and oxygen atoms in total. The van der Waals surface area contributed by atoms with Crippen LogP contribution in [0.5, 0.6) is 11.5 Å². The Labute approximate surface area is 109 Å². The van der Waals surface area contributed by atoms with Crippen molar-refractivity contribution < 1.29 is 19.4 Å². The molecule has 0 amide bonds. The van der Waals surface area contributed by atoms with E-state index in [1.165, 1.54) is 42.5 Å². The number of hydrogen-bond donors (Lipinski definition) is 3. The second-order valence-corrected chi connectivity index (χ2v) is 3.99. The van der Waals surface area contributed by atoms with Crippen molar-refractivity contribution in [2.45, 2.75) is 0 Å². The summed E-state index contributed by atoms with van der Waals surface area (Å²) in [6, 6.07) is 9.50. The van der Waals surface area contributed by atoms with Gasteiger partial charge in [0, 0.05) is 11.3 Å². The van der Waals surface area contributed by atoms with Crippen molar-refractivity contribution in [2.24, 2.45) is 0 Å². The van der Waals surface area contributed by atoms with Crippen LogP contribution in [0, 0.1) is 5.82 Å². The third kappa shape index (κ3) is 3.22.